The molecular weight excluding hydrogens is 376 g/mol. The molecule has 2 heterocycles. The van der Waals surface area contributed by atoms with Crippen LogP contribution in [0.2, 0.25) is 0 Å². The number of benzene rings is 1. The van der Waals surface area contributed by atoms with E-state index in [9.17, 15) is 4.79 Å². The highest BCUT2D eigenvalue weighted by molar-refractivity contribution is 5.77. The third-order valence-electron chi connectivity index (χ3n) is 6.87. The van der Waals surface area contributed by atoms with Gasteiger partial charge in [0.15, 0.2) is 0 Å². The summed E-state index contributed by atoms with van der Waals surface area (Å²) in [5.74, 6) is 1.20. The number of rotatable bonds is 5. The molecule has 1 aromatic carbocycles. The second-order valence-corrected chi connectivity index (χ2v) is 9.11. The molecule has 5 heteroatoms. The fourth-order valence-electron chi connectivity index (χ4n) is 5.01. The molecule has 1 fully saturated rings. The summed E-state index contributed by atoms with van der Waals surface area (Å²) in [5.41, 5.74) is 1.66. The van der Waals surface area contributed by atoms with E-state index in [1.807, 2.05) is 4.90 Å². The number of hydrogen-bond acceptors (Lipinski definition) is 4. The Hall–Kier alpha value is -1.59. The molecule has 1 amide bonds. The van der Waals surface area contributed by atoms with Gasteiger partial charge < -0.3 is 14.4 Å². The lowest BCUT2D eigenvalue weighted by Gasteiger charge is -2.45. The molecule has 2 aliphatic rings. The third-order valence-corrected chi connectivity index (χ3v) is 6.87. The van der Waals surface area contributed by atoms with Crippen LogP contribution in [0.5, 0.6) is 5.75 Å². The number of methoxy groups -OCH3 is 1. The monoisotopic (exact) mass is 416 g/mol. The average molecular weight is 417 g/mol. The Bertz CT molecular complexity index is 656. The smallest absolute Gasteiger partial charge is 0.248 e. The summed E-state index contributed by atoms with van der Waals surface area (Å²) in [4.78, 5) is 16.9. The Balaban J connectivity index is 1.69. The van der Waals surface area contributed by atoms with Crippen LogP contribution in [-0.2, 0) is 16.0 Å². The standard InChI is InChI=1S/C25H40N2O3/c1-3-4-15-26-18-19-30-23-11-6-5-9-22(23)10-7-8-12-25(21-26)13-16-27(17-14-25)24(28)20-29-2/h5-6,9,11H,3-4,7-8,10,12-21H2,1-2H3. The minimum atomic E-state index is 0.133. The number of para-hydroxylation sites is 1. The van der Waals surface area contributed by atoms with Crippen LogP contribution in [-0.4, -0.2) is 68.8 Å². The van der Waals surface area contributed by atoms with Crippen LogP contribution < -0.4 is 4.74 Å². The second kappa shape index (κ2) is 11.7. The van der Waals surface area contributed by atoms with Crippen molar-refractivity contribution in [2.45, 2.75) is 58.3 Å². The maximum atomic E-state index is 12.3. The van der Waals surface area contributed by atoms with Crippen LogP contribution in [0, 0.1) is 5.41 Å². The van der Waals surface area contributed by atoms with Gasteiger partial charge in [0.1, 0.15) is 19.0 Å². The first-order valence-electron chi connectivity index (χ1n) is 11.9. The Morgan fingerprint density at radius 3 is 2.70 bits per heavy atom. The van der Waals surface area contributed by atoms with E-state index in [1.54, 1.807) is 7.11 Å². The van der Waals surface area contributed by atoms with E-state index >= 15 is 0 Å². The lowest BCUT2D eigenvalue weighted by atomic mass is 9.73. The Morgan fingerprint density at radius 1 is 1.13 bits per heavy atom. The van der Waals surface area contributed by atoms with Crippen LogP contribution >= 0.6 is 0 Å². The molecule has 0 N–H and O–H groups in total. The number of amides is 1. The fraction of sp³-hybridized carbons (Fsp3) is 0.720. The van der Waals surface area contributed by atoms with Crippen molar-refractivity contribution in [1.82, 2.24) is 9.80 Å². The van der Waals surface area contributed by atoms with E-state index in [2.05, 4.69) is 36.1 Å². The summed E-state index contributed by atoms with van der Waals surface area (Å²) in [6.45, 7) is 8.18. The molecule has 0 saturated carbocycles. The second-order valence-electron chi connectivity index (χ2n) is 9.11. The van der Waals surface area contributed by atoms with Gasteiger partial charge in [-0.25, -0.2) is 0 Å². The highest BCUT2D eigenvalue weighted by atomic mass is 16.5. The summed E-state index contributed by atoms with van der Waals surface area (Å²) in [5, 5.41) is 0. The zero-order valence-electron chi connectivity index (χ0n) is 19.0. The summed E-state index contributed by atoms with van der Waals surface area (Å²) in [6.07, 6.45) is 9.42. The van der Waals surface area contributed by atoms with Crippen molar-refractivity contribution in [2.75, 3.05) is 53.0 Å². The molecule has 1 spiro atoms. The predicted molar refractivity (Wildman–Crippen MR) is 121 cm³/mol. The molecule has 0 radical (unpaired) electrons. The van der Waals surface area contributed by atoms with Crippen LogP contribution in [0.3, 0.4) is 0 Å². The number of fused-ring (bicyclic) bond motifs is 1. The van der Waals surface area contributed by atoms with Gasteiger partial charge >= 0.3 is 0 Å². The first-order valence-corrected chi connectivity index (χ1v) is 11.9. The third kappa shape index (κ3) is 6.45. The molecular formula is C25H40N2O3. The molecule has 0 atom stereocenters. The number of hydrogen-bond donors (Lipinski definition) is 0. The Morgan fingerprint density at radius 2 is 1.93 bits per heavy atom. The van der Waals surface area contributed by atoms with Gasteiger partial charge in [-0.05, 0) is 62.1 Å². The number of ether oxygens (including phenoxy) is 2. The van der Waals surface area contributed by atoms with Crippen molar-refractivity contribution in [3.05, 3.63) is 29.8 Å². The first-order chi connectivity index (χ1) is 14.7. The van der Waals surface area contributed by atoms with E-state index in [-0.39, 0.29) is 12.5 Å². The van der Waals surface area contributed by atoms with Crippen molar-refractivity contribution in [2.24, 2.45) is 5.41 Å². The lowest BCUT2D eigenvalue weighted by molar-refractivity contribution is -0.137. The summed E-state index contributed by atoms with van der Waals surface area (Å²) in [7, 11) is 1.60. The maximum Gasteiger partial charge on any atom is 0.248 e. The zero-order valence-corrected chi connectivity index (χ0v) is 19.0. The molecule has 0 aromatic heterocycles. The number of carbonyl (C=O) groups is 1. The van der Waals surface area contributed by atoms with E-state index in [0.717, 1.165) is 64.3 Å². The number of nitrogens with zero attached hydrogens (tertiary/aromatic N) is 2. The van der Waals surface area contributed by atoms with Crippen molar-refractivity contribution >= 4 is 5.91 Å². The van der Waals surface area contributed by atoms with Crippen LogP contribution in [0.25, 0.3) is 0 Å². The first kappa shape index (κ1) is 23.1. The molecule has 0 aliphatic carbocycles. The van der Waals surface area contributed by atoms with Crippen molar-refractivity contribution in [3.63, 3.8) is 0 Å². The Labute approximate surface area is 182 Å². The van der Waals surface area contributed by atoms with E-state index in [1.165, 1.54) is 37.7 Å². The zero-order chi connectivity index (χ0) is 21.2. The number of carbonyl (C=O) groups excluding carboxylic acids is 1. The number of aryl methyl sites for hydroxylation is 1. The van der Waals surface area contributed by atoms with Crippen molar-refractivity contribution < 1.29 is 14.3 Å². The summed E-state index contributed by atoms with van der Waals surface area (Å²) < 4.78 is 11.3. The topological polar surface area (TPSA) is 42.0 Å². The molecule has 1 saturated heterocycles. The van der Waals surface area contributed by atoms with Gasteiger partial charge in [0.2, 0.25) is 5.91 Å². The highest BCUT2D eigenvalue weighted by Crippen LogP contribution is 2.38. The van der Waals surface area contributed by atoms with Crippen molar-refractivity contribution in [3.8, 4) is 5.75 Å². The molecule has 3 rings (SSSR count). The van der Waals surface area contributed by atoms with Gasteiger partial charge in [0.05, 0.1) is 0 Å². The molecule has 168 valence electrons. The quantitative estimate of drug-likeness (QED) is 0.723. The molecule has 0 bridgehead atoms. The van der Waals surface area contributed by atoms with Crippen LogP contribution in [0.1, 0.15) is 57.4 Å². The molecule has 2 aliphatic heterocycles. The number of unbranched alkanes of at least 4 members (excludes halogenated alkanes) is 1. The SMILES string of the molecule is CCCCN1CCOc2ccccc2CCCCC2(CCN(C(=O)COC)CC2)C1. The van der Waals surface area contributed by atoms with Crippen LogP contribution in [0.15, 0.2) is 24.3 Å². The fourth-order valence-corrected chi connectivity index (χ4v) is 5.01. The largest absolute Gasteiger partial charge is 0.492 e. The molecule has 1 aromatic rings. The Kier molecular flexibility index (Phi) is 9.01. The number of piperidine rings is 1. The maximum absolute atomic E-state index is 12.3. The van der Waals surface area contributed by atoms with Gasteiger partial charge in [0.25, 0.3) is 0 Å². The molecule has 5 nitrogen and oxygen atoms in total. The lowest BCUT2D eigenvalue weighted by Crippen LogP contribution is -2.49. The van der Waals surface area contributed by atoms with E-state index in [4.69, 9.17) is 9.47 Å². The number of likely N-dealkylation sites (tertiary alicyclic amines) is 1. The van der Waals surface area contributed by atoms with Gasteiger partial charge in [-0.2, -0.15) is 0 Å². The minimum Gasteiger partial charge on any atom is -0.492 e. The van der Waals surface area contributed by atoms with Crippen molar-refractivity contribution in [1.29, 1.82) is 0 Å². The molecule has 0 unspecified atom stereocenters. The van der Waals surface area contributed by atoms with Gasteiger partial charge in [-0.3, -0.25) is 9.69 Å². The highest BCUT2D eigenvalue weighted by Gasteiger charge is 2.37. The van der Waals surface area contributed by atoms with Gasteiger partial charge in [0, 0.05) is 33.3 Å². The van der Waals surface area contributed by atoms with Gasteiger partial charge in [-0.1, -0.05) is 38.0 Å². The van der Waals surface area contributed by atoms with Gasteiger partial charge in [-0.15, -0.1) is 0 Å². The predicted octanol–water partition coefficient (Wildman–Crippen LogP) is 4.15. The summed E-state index contributed by atoms with van der Waals surface area (Å²) in [6, 6.07) is 8.53. The van der Waals surface area contributed by atoms with E-state index < -0.39 is 0 Å². The summed E-state index contributed by atoms with van der Waals surface area (Å²) >= 11 is 0. The minimum absolute atomic E-state index is 0.133. The van der Waals surface area contributed by atoms with Crippen LogP contribution in [0.4, 0.5) is 0 Å². The van der Waals surface area contributed by atoms with E-state index in [0.29, 0.717) is 5.41 Å². The molecule has 30 heavy (non-hydrogen) atoms. The average Bonchev–Trinajstić information content (AvgIpc) is 2.76. The normalized spacial score (nSPS) is 20.7.